The SMILES string of the molecule is CNc1nccc(C(=O)NC2CCC(=O)NC2)c1F. The lowest BCUT2D eigenvalue weighted by atomic mass is 10.1. The number of aromatic nitrogens is 1. The maximum atomic E-state index is 13.9. The van der Waals surface area contributed by atoms with Gasteiger partial charge in [0.15, 0.2) is 11.6 Å². The molecular formula is C12H15FN4O2. The molecule has 3 N–H and O–H groups in total. The van der Waals surface area contributed by atoms with Crippen LogP contribution in [0, 0.1) is 5.82 Å². The highest BCUT2D eigenvalue weighted by atomic mass is 19.1. The number of nitrogens with one attached hydrogen (secondary N) is 3. The molecule has 1 aliphatic heterocycles. The first-order valence-corrected chi connectivity index (χ1v) is 6.01. The molecule has 102 valence electrons. The smallest absolute Gasteiger partial charge is 0.254 e. The lowest BCUT2D eigenvalue weighted by Crippen LogP contribution is -2.47. The predicted molar refractivity (Wildman–Crippen MR) is 67.2 cm³/mol. The number of hydrogen-bond acceptors (Lipinski definition) is 4. The van der Waals surface area contributed by atoms with Gasteiger partial charge in [-0.2, -0.15) is 0 Å². The van der Waals surface area contributed by atoms with Crippen LogP contribution in [0.3, 0.4) is 0 Å². The Morgan fingerprint density at radius 3 is 3.00 bits per heavy atom. The number of halogens is 1. The van der Waals surface area contributed by atoms with Gasteiger partial charge in [-0.3, -0.25) is 9.59 Å². The predicted octanol–water partition coefficient (Wildman–Crippen LogP) is 0.271. The summed E-state index contributed by atoms with van der Waals surface area (Å²) in [5, 5.41) is 7.93. The summed E-state index contributed by atoms with van der Waals surface area (Å²) >= 11 is 0. The standard InChI is InChI=1S/C12H15FN4O2/c1-14-11-10(13)8(4-5-15-11)12(19)17-7-2-3-9(18)16-6-7/h4-5,7H,2-3,6H2,1H3,(H,14,15)(H,16,18)(H,17,19). The summed E-state index contributed by atoms with van der Waals surface area (Å²) in [4.78, 5) is 26.7. The van der Waals surface area contributed by atoms with Crippen molar-refractivity contribution < 1.29 is 14.0 Å². The zero-order chi connectivity index (χ0) is 13.8. The van der Waals surface area contributed by atoms with Crippen LogP contribution in [0.25, 0.3) is 0 Å². The zero-order valence-corrected chi connectivity index (χ0v) is 10.5. The summed E-state index contributed by atoms with van der Waals surface area (Å²) in [6, 6.07) is 1.16. The molecule has 1 aliphatic rings. The Balaban J connectivity index is 2.06. The molecule has 1 unspecified atom stereocenters. The number of piperidine rings is 1. The lowest BCUT2D eigenvalue weighted by molar-refractivity contribution is -0.122. The van der Waals surface area contributed by atoms with E-state index in [-0.39, 0.29) is 23.3 Å². The largest absolute Gasteiger partial charge is 0.371 e. The molecule has 0 aromatic carbocycles. The second-order valence-corrected chi connectivity index (χ2v) is 4.28. The molecule has 6 nitrogen and oxygen atoms in total. The van der Waals surface area contributed by atoms with E-state index in [0.717, 1.165) is 0 Å². The number of pyridine rings is 1. The highest BCUT2D eigenvalue weighted by Gasteiger charge is 2.22. The van der Waals surface area contributed by atoms with Crippen molar-refractivity contribution in [2.75, 3.05) is 18.9 Å². The Labute approximate surface area is 109 Å². The summed E-state index contributed by atoms with van der Waals surface area (Å²) in [7, 11) is 1.53. The number of nitrogens with zero attached hydrogens (tertiary/aromatic N) is 1. The molecule has 1 aromatic rings. The van der Waals surface area contributed by atoms with Crippen LogP contribution in [0.4, 0.5) is 10.2 Å². The third-order valence-corrected chi connectivity index (χ3v) is 2.97. The summed E-state index contributed by atoms with van der Waals surface area (Å²) in [6.07, 6.45) is 2.29. The molecule has 0 spiro atoms. The van der Waals surface area contributed by atoms with Gasteiger partial charge < -0.3 is 16.0 Å². The number of carbonyl (C=O) groups is 2. The maximum Gasteiger partial charge on any atom is 0.254 e. The van der Waals surface area contributed by atoms with Crippen LogP contribution in [-0.2, 0) is 4.79 Å². The van der Waals surface area contributed by atoms with E-state index in [4.69, 9.17) is 0 Å². The Kier molecular flexibility index (Phi) is 3.94. The van der Waals surface area contributed by atoms with Crippen molar-refractivity contribution in [3.05, 3.63) is 23.6 Å². The van der Waals surface area contributed by atoms with Gasteiger partial charge in [0.2, 0.25) is 5.91 Å². The molecule has 1 atom stereocenters. The molecule has 1 saturated heterocycles. The number of amides is 2. The van der Waals surface area contributed by atoms with E-state index in [1.54, 1.807) is 0 Å². The van der Waals surface area contributed by atoms with Gasteiger partial charge in [-0.05, 0) is 12.5 Å². The van der Waals surface area contributed by atoms with E-state index in [1.165, 1.54) is 19.3 Å². The van der Waals surface area contributed by atoms with Gasteiger partial charge >= 0.3 is 0 Å². The van der Waals surface area contributed by atoms with E-state index in [0.29, 0.717) is 19.4 Å². The Morgan fingerprint density at radius 2 is 2.37 bits per heavy atom. The fourth-order valence-corrected chi connectivity index (χ4v) is 1.91. The number of hydrogen-bond donors (Lipinski definition) is 3. The molecule has 0 aliphatic carbocycles. The van der Waals surface area contributed by atoms with Crippen molar-refractivity contribution in [3.8, 4) is 0 Å². The van der Waals surface area contributed by atoms with Gasteiger partial charge in [0, 0.05) is 32.3 Å². The van der Waals surface area contributed by atoms with Gasteiger partial charge in [0.1, 0.15) is 0 Å². The zero-order valence-electron chi connectivity index (χ0n) is 10.5. The average Bonchev–Trinajstić information content (AvgIpc) is 2.41. The van der Waals surface area contributed by atoms with Crippen molar-refractivity contribution >= 4 is 17.6 Å². The van der Waals surface area contributed by atoms with Crippen molar-refractivity contribution in [2.24, 2.45) is 0 Å². The van der Waals surface area contributed by atoms with Gasteiger partial charge in [0.25, 0.3) is 5.91 Å². The van der Waals surface area contributed by atoms with Crippen LogP contribution in [-0.4, -0.2) is 36.4 Å². The Bertz CT molecular complexity index is 497. The first-order valence-electron chi connectivity index (χ1n) is 6.01. The topological polar surface area (TPSA) is 83.1 Å². The minimum absolute atomic E-state index is 0.0296. The van der Waals surface area contributed by atoms with Crippen LogP contribution < -0.4 is 16.0 Å². The molecular weight excluding hydrogens is 251 g/mol. The third kappa shape index (κ3) is 2.98. The minimum Gasteiger partial charge on any atom is -0.371 e. The number of anilines is 1. The molecule has 0 saturated carbocycles. The molecule has 0 radical (unpaired) electrons. The highest BCUT2D eigenvalue weighted by Crippen LogP contribution is 2.15. The summed E-state index contributed by atoms with van der Waals surface area (Å²) in [6.45, 7) is 0.371. The van der Waals surface area contributed by atoms with Crippen molar-refractivity contribution in [1.29, 1.82) is 0 Å². The van der Waals surface area contributed by atoms with Crippen molar-refractivity contribution in [2.45, 2.75) is 18.9 Å². The van der Waals surface area contributed by atoms with Crippen LogP contribution in [0.15, 0.2) is 12.3 Å². The molecule has 7 heteroatoms. The van der Waals surface area contributed by atoms with Crippen LogP contribution in [0.5, 0.6) is 0 Å². The molecule has 2 amide bonds. The number of carbonyl (C=O) groups excluding carboxylic acids is 2. The molecule has 1 aromatic heterocycles. The monoisotopic (exact) mass is 266 g/mol. The second-order valence-electron chi connectivity index (χ2n) is 4.28. The molecule has 0 bridgehead atoms. The van der Waals surface area contributed by atoms with Crippen LogP contribution in [0.2, 0.25) is 0 Å². The normalized spacial score (nSPS) is 18.6. The molecule has 19 heavy (non-hydrogen) atoms. The highest BCUT2D eigenvalue weighted by molar-refractivity contribution is 5.95. The first kappa shape index (κ1) is 13.3. The van der Waals surface area contributed by atoms with Crippen LogP contribution >= 0.6 is 0 Å². The molecule has 2 heterocycles. The lowest BCUT2D eigenvalue weighted by Gasteiger charge is -2.23. The van der Waals surface area contributed by atoms with Gasteiger partial charge in [0.05, 0.1) is 5.56 Å². The van der Waals surface area contributed by atoms with E-state index in [1.807, 2.05) is 0 Å². The minimum atomic E-state index is -0.678. The quantitative estimate of drug-likeness (QED) is 0.733. The summed E-state index contributed by atoms with van der Waals surface area (Å²) in [5.41, 5.74) is -0.0590. The van der Waals surface area contributed by atoms with Crippen molar-refractivity contribution in [1.82, 2.24) is 15.6 Å². The Morgan fingerprint density at radius 1 is 1.58 bits per heavy atom. The van der Waals surface area contributed by atoms with Gasteiger partial charge in [-0.15, -0.1) is 0 Å². The molecule has 2 rings (SSSR count). The molecule has 1 fully saturated rings. The average molecular weight is 266 g/mol. The van der Waals surface area contributed by atoms with E-state index < -0.39 is 11.7 Å². The second kappa shape index (κ2) is 5.64. The van der Waals surface area contributed by atoms with E-state index >= 15 is 0 Å². The fraction of sp³-hybridized carbons (Fsp3) is 0.417. The summed E-state index contributed by atoms with van der Waals surface area (Å²) < 4.78 is 13.9. The third-order valence-electron chi connectivity index (χ3n) is 2.97. The Hall–Kier alpha value is -2.18. The summed E-state index contributed by atoms with van der Waals surface area (Å²) in [5.74, 6) is -1.18. The van der Waals surface area contributed by atoms with Gasteiger partial charge in [-0.25, -0.2) is 9.37 Å². The van der Waals surface area contributed by atoms with Crippen molar-refractivity contribution in [3.63, 3.8) is 0 Å². The number of rotatable bonds is 3. The van der Waals surface area contributed by atoms with Crippen LogP contribution in [0.1, 0.15) is 23.2 Å². The van der Waals surface area contributed by atoms with E-state index in [9.17, 15) is 14.0 Å². The maximum absolute atomic E-state index is 13.9. The van der Waals surface area contributed by atoms with Gasteiger partial charge in [-0.1, -0.05) is 0 Å². The van der Waals surface area contributed by atoms with E-state index in [2.05, 4.69) is 20.9 Å². The fourth-order valence-electron chi connectivity index (χ4n) is 1.91. The first-order chi connectivity index (χ1) is 9.11.